The lowest BCUT2D eigenvalue weighted by Gasteiger charge is -2.17. The first-order valence-electron chi connectivity index (χ1n) is 5.25. The van der Waals surface area contributed by atoms with Crippen LogP contribution in [0.25, 0.3) is 0 Å². The van der Waals surface area contributed by atoms with Gasteiger partial charge in [0, 0.05) is 3.57 Å². The fourth-order valence-electron chi connectivity index (χ4n) is 1.32. The van der Waals surface area contributed by atoms with E-state index in [1.165, 1.54) is 12.1 Å². The Morgan fingerprint density at radius 1 is 1.28 bits per heavy atom. The summed E-state index contributed by atoms with van der Waals surface area (Å²) in [6, 6.07) is 5.07. The number of hydrogen-bond acceptors (Lipinski definition) is 3. The molecular formula is C11H14INO4S. The zero-order chi connectivity index (χ0) is 13.9. The van der Waals surface area contributed by atoms with Crippen molar-refractivity contribution in [1.82, 2.24) is 4.72 Å². The van der Waals surface area contributed by atoms with E-state index in [9.17, 15) is 13.2 Å². The fourth-order valence-corrected chi connectivity index (χ4v) is 3.02. The Hall–Kier alpha value is -0.670. The molecule has 0 saturated heterocycles. The van der Waals surface area contributed by atoms with Crippen molar-refractivity contribution in [1.29, 1.82) is 0 Å². The predicted octanol–water partition coefficient (Wildman–Crippen LogP) is 1.68. The second-order valence-electron chi connectivity index (χ2n) is 4.14. The van der Waals surface area contributed by atoms with E-state index in [-0.39, 0.29) is 10.8 Å². The van der Waals surface area contributed by atoms with Crippen LogP contribution in [0.1, 0.15) is 13.8 Å². The van der Waals surface area contributed by atoms with Crippen molar-refractivity contribution in [2.45, 2.75) is 24.8 Å². The Labute approximate surface area is 120 Å². The smallest absolute Gasteiger partial charge is 0.322 e. The summed E-state index contributed by atoms with van der Waals surface area (Å²) in [6.07, 6.45) is 0. The lowest BCUT2D eigenvalue weighted by Crippen LogP contribution is -2.44. The van der Waals surface area contributed by atoms with E-state index < -0.39 is 22.0 Å². The maximum atomic E-state index is 12.0. The number of hydrogen-bond donors (Lipinski definition) is 2. The summed E-state index contributed by atoms with van der Waals surface area (Å²) < 4.78 is 27.1. The Kier molecular flexibility index (Phi) is 5.11. The van der Waals surface area contributed by atoms with Crippen LogP contribution in [-0.2, 0) is 14.8 Å². The molecular weight excluding hydrogens is 369 g/mol. The molecule has 1 atom stereocenters. The van der Waals surface area contributed by atoms with Crippen LogP contribution in [0.15, 0.2) is 29.2 Å². The number of nitrogens with one attached hydrogen (secondary N) is 1. The summed E-state index contributed by atoms with van der Waals surface area (Å²) in [5, 5.41) is 8.97. The number of carboxylic acid groups (broad SMARTS) is 1. The maximum Gasteiger partial charge on any atom is 0.322 e. The lowest BCUT2D eigenvalue weighted by atomic mass is 10.1. The molecule has 0 bridgehead atoms. The van der Waals surface area contributed by atoms with Crippen LogP contribution >= 0.6 is 22.6 Å². The minimum absolute atomic E-state index is 0.0646. The molecule has 0 heterocycles. The van der Waals surface area contributed by atoms with Crippen molar-refractivity contribution in [3.8, 4) is 0 Å². The maximum absolute atomic E-state index is 12.0. The van der Waals surface area contributed by atoms with Gasteiger partial charge in [-0.3, -0.25) is 4.79 Å². The van der Waals surface area contributed by atoms with E-state index in [4.69, 9.17) is 5.11 Å². The molecule has 0 aromatic heterocycles. The molecule has 0 aliphatic carbocycles. The monoisotopic (exact) mass is 383 g/mol. The molecule has 0 radical (unpaired) electrons. The fraction of sp³-hybridized carbons (Fsp3) is 0.364. The normalized spacial score (nSPS) is 13.6. The molecule has 1 rings (SSSR count). The van der Waals surface area contributed by atoms with Crippen molar-refractivity contribution >= 4 is 38.6 Å². The summed E-state index contributed by atoms with van der Waals surface area (Å²) in [4.78, 5) is 11.0. The Bertz CT molecular complexity index is 524. The van der Waals surface area contributed by atoms with Crippen LogP contribution in [0.2, 0.25) is 0 Å². The van der Waals surface area contributed by atoms with Gasteiger partial charge in [-0.2, -0.15) is 4.72 Å². The molecule has 0 amide bonds. The minimum atomic E-state index is -3.80. The van der Waals surface area contributed by atoms with Crippen molar-refractivity contribution in [3.05, 3.63) is 27.8 Å². The molecule has 0 aliphatic heterocycles. The number of carboxylic acids is 1. The minimum Gasteiger partial charge on any atom is -0.480 e. The van der Waals surface area contributed by atoms with Gasteiger partial charge in [0.05, 0.1) is 4.90 Å². The first kappa shape index (κ1) is 15.4. The summed E-state index contributed by atoms with van der Waals surface area (Å²) in [5.41, 5.74) is 0. The van der Waals surface area contributed by atoms with Gasteiger partial charge in [0.1, 0.15) is 6.04 Å². The van der Waals surface area contributed by atoms with E-state index in [1.807, 2.05) is 0 Å². The molecule has 1 aromatic carbocycles. The first-order chi connectivity index (χ1) is 8.24. The van der Waals surface area contributed by atoms with Crippen LogP contribution in [0.4, 0.5) is 0 Å². The predicted molar refractivity (Wildman–Crippen MR) is 75.7 cm³/mol. The number of carbonyl (C=O) groups is 1. The Balaban J connectivity index is 3.01. The molecule has 100 valence electrons. The van der Waals surface area contributed by atoms with Crippen molar-refractivity contribution in [3.63, 3.8) is 0 Å². The van der Waals surface area contributed by atoms with Crippen molar-refractivity contribution in [2.24, 2.45) is 5.92 Å². The molecule has 0 unspecified atom stereocenters. The van der Waals surface area contributed by atoms with Gasteiger partial charge in [0.15, 0.2) is 0 Å². The van der Waals surface area contributed by atoms with Gasteiger partial charge in [0.25, 0.3) is 0 Å². The van der Waals surface area contributed by atoms with E-state index in [1.54, 1.807) is 26.0 Å². The highest BCUT2D eigenvalue weighted by molar-refractivity contribution is 14.1. The van der Waals surface area contributed by atoms with Crippen LogP contribution in [0.5, 0.6) is 0 Å². The number of halogens is 1. The topological polar surface area (TPSA) is 83.5 Å². The van der Waals surface area contributed by atoms with Crippen LogP contribution < -0.4 is 4.72 Å². The van der Waals surface area contributed by atoms with Gasteiger partial charge in [-0.1, -0.05) is 13.8 Å². The van der Waals surface area contributed by atoms with Gasteiger partial charge in [0.2, 0.25) is 10.0 Å². The molecule has 0 saturated carbocycles. The Morgan fingerprint density at radius 2 is 1.78 bits per heavy atom. The van der Waals surface area contributed by atoms with E-state index >= 15 is 0 Å². The zero-order valence-corrected chi connectivity index (χ0v) is 12.9. The Morgan fingerprint density at radius 3 is 2.17 bits per heavy atom. The van der Waals surface area contributed by atoms with Gasteiger partial charge in [-0.15, -0.1) is 0 Å². The summed E-state index contributed by atoms with van der Waals surface area (Å²) in [6.45, 7) is 3.30. The highest BCUT2D eigenvalue weighted by Gasteiger charge is 2.27. The SMILES string of the molecule is CC(C)[C@H](NS(=O)(=O)c1ccc(I)cc1)C(=O)O. The van der Waals surface area contributed by atoms with Crippen LogP contribution in [-0.4, -0.2) is 25.5 Å². The molecule has 7 heteroatoms. The third-order valence-corrected chi connectivity index (χ3v) is 4.51. The summed E-state index contributed by atoms with van der Waals surface area (Å²) in [7, 11) is -3.80. The number of benzene rings is 1. The van der Waals surface area contributed by atoms with Crippen molar-refractivity contribution in [2.75, 3.05) is 0 Å². The van der Waals surface area contributed by atoms with Gasteiger partial charge >= 0.3 is 5.97 Å². The molecule has 0 aliphatic rings. The average molecular weight is 383 g/mol. The summed E-state index contributed by atoms with van der Waals surface area (Å²) >= 11 is 2.06. The largest absolute Gasteiger partial charge is 0.480 e. The molecule has 5 nitrogen and oxygen atoms in total. The van der Waals surface area contributed by atoms with Crippen LogP contribution in [0, 0.1) is 9.49 Å². The second-order valence-corrected chi connectivity index (χ2v) is 7.09. The van der Waals surface area contributed by atoms with E-state index in [0.29, 0.717) is 0 Å². The quantitative estimate of drug-likeness (QED) is 0.758. The first-order valence-corrected chi connectivity index (χ1v) is 7.81. The molecule has 2 N–H and O–H groups in total. The van der Waals surface area contributed by atoms with Crippen LogP contribution in [0.3, 0.4) is 0 Å². The molecule has 1 aromatic rings. The van der Waals surface area contributed by atoms with E-state index in [0.717, 1.165) is 3.57 Å². The highest BCUT2D eigenvalue weighted by atomic mass is 127. The third kappa shape index (κ3) is 3.92. The molecule has 0 fully saturated rings. The molecule has 18 heavy (non-hydrogen) atoms. The average Bonchev–Trinajstić information content (AvgIpc) is 2.26. The van der Waals surface area contributed by atoms with Gasteiger partial charge in [-0.25, -0.2) is 8.42 Å². The van der Waals surface area contributed by atoms with E-state index in [2.05, 4.69) is 27.3 Å². The standard InChI is InChI=1S/C11H14INO4S/c1-7(2)10(11(14)15)13-18(16,17)9-5-3-8(12)4-6-9/h3-7,10,13H,1-2H3,(H,14,15)/t10-/m0/s1. The lowest BCUT2D eigenvalue weighted by molar-refractivity contribution is -0.140. The molecule has 0 spiro atoms. The summed E-state index contributed by atoms with van der Waals surface area (Å²) in [5.74, 6) is -1.51. The second kappa shape index (κ2) is 5.98. The number of aliphatic carboxylic acids is 1. The number of sulfonamides is 1. The van der Waals surface area contributed by atoms with Gasteiger partial charge in [-0.05, 0) is 52.8 Å². The zero-order valence-electron chi connectivity index (χ0n) is 9.92. The number of rotatable bonds is 5. The highest BCUT2D eigenvalue weighted by Crippen LogP contribution is 2.14. The third-order valence-electron chi connectivity index (χ3n) is 2.34. The van der Waals surface area contributed by atoms with Crippen molar-refractivity contribution < 1.29 is 18.3 Å². The van der Waals surface area contributed by atoms with Gasteiger partial charge < -0.3 is 5.11 Å².